The second-order valence-corrected chi connectivity index (χ2v) is 9.67. The molecular weight excluding hydrogens is 373 g/mol. The van der Waals surface area contributed by atoms with Gasteiger partial charge in [0.1, 0.15) is 12.1 Å². The van der Waals surface area contributed by atoms with Gasteiger partial charge in [-0.2, -0.15) is 0 Å². The molecule has 27 heavy (non-hydrogen) atoms. The number of carboxylic acids is 1. The van der Waals surface area contributed by atoms with Crippen LogP contribution < -0.4 is 16.4 Å². The maximum absolute atomic E-state index is 12.4. The Morgan fingerprint density at radius 1 is 1.19 bits per heavy atom. The van der Waals surface area contributed by atoms with Crippen LogP contribution in [0.1, 0.15) is 59.3 Å². The van der Waals surface area contributed by atoms with Gasteiger partial charge in [-0.1, -0.05) is 33.6 Å². The molecular formula is C17H34N3O6P. The number of aliphatic carboxylic acids is 1. The van der Waals surface area contributed by atoms with E-state index in [0.29, 0.717) is 12.8 Å². The Balaban J connectivity index is 4.64. The van der Waals surface area contributed by atoms with Crippen LogP contribution in [0.15, 0.2) is 0 Å². The van der Waals surface area contributed by atoms with Crippen molar-refractivity contribution in [3.8, 4) is 0 Å². The molecule has 0 heterocycles. The summed E-state index contributed by atoms with van der Waals surface area (Å²) in [5.41, 5.74) is 5.36. The van der Waals surface area contributed by atoms with Gasteiger partial charge in [0.25, 0.3) is 0 Å². The van der Waals surface area contributed by atoms with E-state index in [1.165, 1.54) is 0 Å². The molecule has 0 fully saturated rings. The number of rotatable bonds is 14. The van der Waals surface area contributed by atoms with E-state index in [4.69, 9.17) is 10.8 Å². The molecule has 0 radical (unpaired) electrons. The van der Waals surface area contributed by atoms with E-state index in [-0.39, 0.29) is 31.2 Å². The maximum Gasteiger partial charge on any atom is 0.320 e. The van der Waals surface area contributed by atoms with Gasteiger partial charge in [-0.3, -0.25) is 18.9 Å². The molecule has 0 aliphatic rings. The molecule has 0 bridgehead atoms. The zero-order chi connectivity index (χ0) is 21.0. The molecule has 10 heteroatoms. The second-order valence-electron chi connectivity index (χ2n) is 7.21. The predicted octanol–water partition coefficient (Wildman–Crippen LogP) is 1.24. The summed E-state index contributed by atoms with van der Waals surface area (Å²) in [4.78, 5) is 45.0. The first-order valence-electron chi connectivity index (χ1n) is 9.34. The van der Waals surface area contributed by atoms with Crippen molar-refractivity contribution < 1.29 is 28.9 Å². The van der Waals surface area contributed by atoms with Gasteiger partial charge >= 0.3 is 5.97 Å². The Kier molecular flexibility index (Phi) is 12.2. The van der Waals surface area contributed by atoms with E-state index in [1.54, 1.807) is 0 Å². The number of hydrogen-bond donors (Lipinski definition) is 5. The van der Waals surface area contributed by atoms with Crippen LogP contribution >= 0.6 is 7.37 Å². The summed E-state index contributed by atoms with van der Waals surface area (Å²) in [6, 6.07) is -1.99. The fourth-order valence-corrected chi connectivity index (χ4v) is 3.67. The largest absolute Gasteiger partial charge is 0.480 e. The topological polar surface area (TPSA) is 159 Å². The van der Waals surface area contributed by atoms with Gasteiger partial charge in [-0.15, -0.1) is 0 Å². The Labute approximate surface area is 160 Å². The highest BCUT2D eigenvalue weighted by Crippen LogP contribution is 2.40. The summed E-state index contributed by atoms with van der Waals surface area (Å²) in [5.74, 6) is -2.10. The van der Waals surface area contributed by atoms with E-state index in [9.17, 15) is 23.8 Å². The van der Waals surface area contributed by atoms with Crippen molar-refractivity contribution in [1.82, 2.24) is 10.6 Å². The van der Waals surface area contributed by atoms with Crippen molar-refractivity contribution in [3.63, 3.8) is 0 Å². The number of carboxylic acid groups (broad SMARTS) is 1. The summed E-state index contributed by atoms with van der Waals surface area (Å²) >= 11 is 0. The van der Waals surface area contributed by atoms with E-state index in [0.717, 1.165) is 12.8 Å². The molecule has 0 spiro atoms. The minimum absolute atomic E-state index is 0.0412. The molecule has 0 saturated heterocycles. The summed E-state index contributed by atoms with van der Waals surface area (Å²) in [7, 11) is -3.45. The van der Waals surface area contributed by atoms with Crippen LogP contribution in [0.3, 0.4) is 0 Å². The maximum atomic E-state index is 12.4. The van der Waals surface area contributed by atoms with Crippen LogP contribution in [0.25, 0.3) is 0 Å². The van der Waals surface area contributed by atoms with Gasteiger partial charge in [0.2, 0.25) is 19.2 Å². The first kappa shape index (κ1) is 25.6. The van der Waals surface area contributed by atoms with Gasteiger partial charge in [0.15, 0.2) is 0 Å². The Morgan fingerprint density at radius 2 is 1.81 bits per heavy atom. The Bertz CT molecular complexity index is 541. The Morgan fingerprint density at radius 3 is 2.33 bits per heavy atom. The van der Waals surface area contributed by atoms with Gasteiger partial charge < -0.3 is 26.4 Å². The fraction of sp³-hybridized carbons (Fsp3) is 0.824. The van der Waals surface area contributed by atoms with Crippen molar-refractivity contribution in [2.45, 2.75) is 71.4 Å². The molecule has 6 N–H and O–H groups in total. The third-order valence-corrected chi connectivity index (χ3v) is 5.64. The fourth-order valence-electron chi connectivity index (χ4n) is 2.39. The van der Waals surface area contributed by atoms with E-state index < -0.39 is 37.2 Å². The number of nitrogens with two attached hydrogens (primary N) is 1. The number of carbonyl (C=O) groups is 3. The monoisotopic (exact) mass is 407 g/mol. The van der Waals surface area contributed by atoms with Gasteiger partial charge in [-0.25, -0.2) is 0 Å². The smallest absolute Gasteiger partial charge is 0.320 e. The number of unbranched alkanes of at least 4 members (excludes halogenated alkanes) is 2. The zero-order valence-corrected chi connectivity index (χ0v) is 17.3. The van der Waals surface area contributed by atoms with E-state index in [2.05, 4.69) is 10.6 Å². The molecule has 0 aromatic rings. The quantitative estimate of drug-likeness (QED) is 0.214. The third-order valence-electron chi connectivity index (χ3n) is 3.97. The molecule has 158 valence electrons. The van der Waals surface area contributed by atoms with Gasteiger partial charge in [0, 0.05) is 12.6 Å². The zero-order valence-electron chi connectivity index (χ0n) is 16.4. The summed E-state index contributed by atoms with van der Waals surface area (Å²) in [5, 5.41) is 13.8. The number of amides is 2. The summed E-state index contributed by atoms with van der Waals surface area (Å²) in [6.45, 7) is 5.76. The van der Waals surface area contributed by atoms with Crippen LogP contribution in [-0.2, 0) is 18.9 Å². The lowest BCUT2D eigenvalue weighted by Crippen LogP contribution is -2.48. The van der Waals surface area contributed by atoms with Crippen molar-refractivity contribution in [2.24, 2.45) is 11.7 Å². The Hall–Kier alpha value is -1.44. The van der Waals surface area contributed by atoms with E-state index >= 15 is 0 Å². The highest BCUT2D eigenvalue weighted by Gasteiger charge is 2.25. The molecule has 0 aliphatic heterocycles. The van der Waals surface area contributed by atoms with Crippen LogP contribution in [0.2, 0.25) is 0 Å². The van der Waals surface area contributed by atoms with E-state index in [1.807, 2.05) is 20.8 Å². The van der Waals surface area contributed by atoms with Gasteiger partial charge in [0.05, 0.1) is 6.29 Å². The molecule has 2 amide bonds. The van der Waals surface area contributed by atoms with Crippen LogP contribution in [0.4, 0.5) is 0 Å². The van der Waals surface area contributed by atoms with Crippen molar-refractivity contribution >= 4 is 25.2 Å². The molecule has 0 aromatic heterocycles. The van der Waals surface area contributed by atoms with Crippen molar-refractivity contribution in [2.75, 3.05) is 12.4 Å². The van der Waals surface area contributed by atoms with Crippen LogP contribution in [0, 0.1) is 5.92 Å². The molecule has 0 rings (SSSR count). The summed E-state index contributed by atoms with van der Waals surface area (Å²) in [6.07, 6.45) is 2.41. The number of carbonyl (C=O) groups excluding carboxylic acids is 2. The number of hydrogen-bond acceptors (Lipinski definition) is 5. The highest BCUT2D eigenvalue weighted by molar-refractivity contribution is 7.57. The van der Waals surface area contributed by atoms with Crippen molar-refractivity contribution in [1.29, 1.82) is 0 Å². The lowest BCUT2D eigenvalue weighted by molar-refractivity contribution is -0.139. The lowest BCUT2D eigenvalue weighted by atomic mass is 10.0. The predicted molar refractivity (Wildman–Crippen MR) is 103 cm³/mol. The molecule has 0 saturated carbocycles. The lowest BCUT2D eigenvalue weighted by Gasteiger charge is -2.21. The molecule has 3 atom stereocenters. The highest BCUT2D eigenvalue weighted by atomic mass is 31.2. The van der Waals surface area contributed by atoms with Crippen LogP contribution in [-0.4, -0.2) is 52.3 Å². The minimum Gasteiger partial charge on any atom is -0.480 e. The van der Waals surface area contributed by atoms with Crippen LogP contribution in [0.5, 0.6) is 0 Å². The molecule has 9 nitrogen and oxygen atoms in total. The second kappa shape index (κ2) is 12.9. The first-order valence-corrected chi connectivity index (χ1v) is 11.4. The third kappa shape index (κ3) is 12.5. The SMILES string of the molecule is CCCCCP(=O)(O)CNC(=O)[C@H](CC(C)C)NC(=O)CC[C@H](N)C(=O)O. The molecule has 0 aliphatic carbocycles. The van der Waals surface area contributed by atoms with Crippen molar-refractivity contribution in [3.05, 3.63) is 0 Å². The average molecular weight is 407 g/mol. The minimum atomic E-state index is -3.45. The van der Waals surface area contributed by atoms with Gasteiger partial charge in [-0.05, 0) is 25.2 Å². The standard InChI is InChI=1S/C17H34N3O6P/c1-4-5-6-9-27(25,26)11-19-16(22)14(10-12(2)3)20-15(21)8-7-13(18)17(23)24/h12-14H,4-11,18H2,1-3H3,(H,19,22)(H,20,21)(H,23,24)(H,25,26)/t13-,14-/m0/s1. The number of nitrogens with one attached hydrogen (secondary N) is 2. The normalized spacial score (nSPS) is 15.6. The molecule has 1 unspecified atom stereocenters. The summed E-state index contributed by atoms with van der Waals surface area (Å²) < 4.78 is 12.1. The molecule has 0 aromatic carbocycles. The average Bonchev–Trinajstić information content (AvgIpc) is 2.56. The first-order chi connectivity index (χ1) is 12.5.